The van der Waals surface area contributed by atoms with Gasteiger partial charge in [0.25, 0.3) is 15.9 Å². The molecule has 0 aliphatic carbocycles. The molecule has 0 saturated carbocycles. The minimum absolute atomic E-state index is 0.00445. The van der Waals surface area contributed by atoms with E-state index in [1.165, 1.54) is 48.8 Å². The van der Waals surface area contributed by atoms with Crippen LogP contribution in [0.25, 0.3) is 10.9 Å². The quantitative estimate of drug-likeness (QED) is 0.148. The monoisotopic (exact) mass is 589 g/mol. The highest BCUT2D eigenvalue weighted by molar-refractivity contribution is 7.92. The van der Waals surface area contributed by atoms with Gasteiger partial charge in [-0.1, -0.05) is 31.2 Å². The summed E-state index contributed by atoms with van der Waals surface area (Å²) in [7, 11) is -3.76. The summed E-state index contributed by atoms with van der Waals surface area (Å²) in [4.78, 5) is 21.1. The number of hydrogen-bond acceptors (Lipinski definition) is 6. The first-order valence-electron chi connectivity index (χ1n) is 12.1. The van der Waals surface area contributed by atoms with Crippen LogP contribution >= 0.6 is 11.6 Å². The maximum Gasteiger partial charge on any atom is 0.272 e. The molecule has 2 aromatic carbocycles. The van der Waals surface area contributed by atoms with Gasteiger partial charge in [-0.15, -0.1) is 0 Å². The lowest BCUT2D eigenvalue weighted by atomic mass is 10.2. The molecule has 0 fully saturated rings. The Morgan fingerprint density at radius 3 is 2.44 bits per heavy atom. The molecule has 2 heterocycles. The van der Waals surface area contributed by atoms with E-state index in [9.17, 15) is 17.6 Å². The lowest BCUT2D eigenvalue weighted by Gasteiger charge is -2.23. The number of aryl methyl sites for hydroxylation is 1. The fourth-order valence-corrected chi connectivity index (χ4v) is 5.93. The maximum atomic E-state index is 13.9. The summed E-state index contributed by atoms with van der Waals surface area (Å²) >= 11 is 5.89. The van der Waals surface area contributed by atoms with Crippen molar-refractivity contribution in [2.24, 2.45) is 7.05 Å². The Bertz CT molecular complexity index is 1590. The van der Waals surface area contributed by atoms with Crippen LogP contribution in [-0.4, -0.2) is 50.3 Å². The average Bonchev–Trinajstić information content (AvgIpc) is 3.19. The van der Waals surface area contributed by atoms with Gasteiger partial charge >= 0.3 is 0 Å². The topological polar surface area (TPSA) is 106 Å². The Balaban J connectivity index is 1.53. The van der Waals surface area contributed by atoms with E-state index in [-0.39, 0.29) is 28.3 Å². The van der Waals surface area contributed by atoms with Crippen molar-refractivity contribution in [1.29, 1.82) is 0 Å². The third kappa shape index (κ3) is 6.64. The largest absolute Gasteiger partial charge is 0.360 e. The smallest absolute Gasteiger partial charge is 0.272 e. The zero-order valence-electron chi connectivity index (χ0n) is 22.0. The number of sulfonamides is 1. The Morgan fingerprint density at radius 2 is 1.79 bits per heavy atom. The highest BCUT2D eigenvalue weighted by Gasteiger charge is 2.28. The number of amides is 1. The summed E-state index contributed by atoms with van der Waals surface area (Å²) in [5, 5.41) is 3.24. The molecular formula is C26H29ClFN5O4SSi. The van der Waals surface area contributed by atoms with Gasteiger partial charge in [0, 0.05) is 45.2 Å². The molecule has 0 saturated heterocycles. The molecule has 0 radical (unpaired) electrons. The van der Waals surface area contributed by atoms with Gasteiger partial charge in [0.05, 0.1) is 15.4 Å². The van der Waals surface area contributed by atoms with Crippen molar-refractivity contribution >= 4 is 58.1 Å². The van der Waals surface area contributed by atoms with E-state index in [0.717, 1.165) is 10.3 Å². The van der Waals surface area contributed by atoms with Crippen molar-refractivity contribution in [3.05, 3.63) is 77.5 Å². The second kappa shape index (κ2) is 11.4. The minimum atomic E-state index is -4.07. The Labute approximate surface area is 232 Å². The summed E-state index contributed by atoms with van der Waals surface area (Å²) in [6, 6.07) is 12.5. The third-order valence-electron chi connectivity index (χ3n) is 6.00. The first kappa shape index (κ1) is 28.7. The number of aromatic nitrogens is 3. The van der Waals surface area contributed by atoms with E-state index in [4.69, 9.17) is 16.3 Å². The van der Waals surface area contributed by atoms with E-state index in [1.54, 1.807) is 23.7 Å². The third-order valence-corrected chi connectivity index (χ3v) is 9.71. The number of ether oxygens (including phenoxy) is 1. The van der Waals surface area contributed by atoms with Crippen LogP contribution in [0, 0.1) is 5.82 Å². The van der Waals surface area contributed by atoms with E-state index in [1.807, 2.05) is 0 Å². The molecule has 4 aromatic rings. The number of fused-ring (bicyclic) bond motifs is 1. The Kier molecular flexibility index (Phi) is 8.40. The van der Waals surface area contributed by atoms with Crippen molar-refractivity contribution in [3.8, 4) is 0 Å². The summed E-state index contributed by atoms with van der Waals surface area (Å²) in [6.45, 7) is 6.82. The van der Waals surface area contributed by atoms with Gasteiger partial charge in [-0.25, -0.2) is 27.1 Å². The highest BCUT2D eigenvalue weighted by Crippen LogP contribution is 2.27. The van der Waals surface area contributed by atoms with Crippen molar-refractivity contribution in [2.75, 3.05) is 23.0 Å². The van der Waals surface area contributed by atoms with Crippen molar-refractivity contribution in [1.82, 2.24) is 14.5 Å². The minimum Gasteiger partial charge on any atom is -0.360 e. The predicted molar refractivity (Wildman–Crippen MR) is 153 cm³/mol. The van der Waals surface area contributed by atoms with Crippen LogP contribution in [0.2, 0.25) is 30.7 Å². The van der Waals surface area contributed by atoms with E-state index in [0.29, 0.717) is 23.2 Å². The summed E-state index contributed by atoms with van der Waals surface area (Å²) in [6.07, 6.45) is 2.92. The molecule has 9 nitrogen and oxygen atoms in total. The second-order valence-electron chi connectivity index (χ2n) is 10.1. The number of halogens is 2. The summed E-state index contributed by atoms with van der Waals surface area (Å²) in [5.74, 6) is -1.03. The van der Waals surface area contributed by atoms with Crippen molar-refractivity contribution in [3.63, 3.8) is 0 Å². The van der Waals surface area contributed by atoms with Crippen LogP contribution in [-0.2, 0) is 21.8 Å². The van der Waals surface area contributed by atoms with E-state index < -0.39 is 29.8 Å². The number of nitrogens with zero attached hydrogens (tertiary/aromatic N) is 4. The first-order valence-corrected chi connectivity index (χ1v) is 17.6. The van der Waals surface area contributed by atoms with Crippen LogP contribution in [0.1, 0.15) is 10.5 Å². The van der Waals surface area contributed by atoms with E-state index >= 15 is 0 Å². The highest BCUT2D eigenvalue weighted by atomic mass is 35.5. The molecule has 0 aliphatic heterocycles. The van der Waals surface area contributed by atoms with Gasteiger partial charge < -0.3 is 14.6 Å². The van der Waals surface area contributed by atoms with E-state index in [2.05, 4.69) is 34.9 Å². The van der Waals surface area contributed by atoms with Gasteiger partial charge in [0.2, 0.25) is 5.95 Å². The molecule has 0 aliphatic rings. The Morgan fingerprint density at radius 1 is 1.13 bits per heavy atom. The van der Waals surface area contributed by atoms with Crippen LogP contribution < -0.4 is 9.62 Å². The molecule has 4 rings (SSSR count). The number of nitrogens with one attached hydrogen (secondary N) is 1. The van der Waals surface area contributed by atoms with Crippen molar-refractivity contribution < 1.29 is 22.3 Å². The molecule has 0 spiro atoms. The maximum absolute atomic E-state index is 13.9. The zero-order valence-corrected chi connectivity index (χ0v) is 24.6. The SMILES string of the molecule is Cn1c(C(=O)Nc2ccc(S(=O)(=O)N(COCC[Si](C)(C)C)c3ncccn3)cc2)cc2cc(F)c(Cl)cc21. The Hall–Kier alpha value is -3.32. The fourth-order valence-electron chi connectivity index (χ4n) is 3.76. The molecule has 0 atom stereocenters. The molecular weight excluding hydrogens is 561 g/mol. The molecule has 0 bridgehead atoms. The second-order valence-corrected chi connectivity index (χ2v) is 18.0. The van der Waals surface area contributed by atoms with Gasteiger partial charge in [-0.2, -0.15) is 0 Å². The average molecular weight is 590 g/mol. The molecule has 2 aromatic heterocycles. The zero-order chi connectivity index (χ0) is 28.4. The van der Waals surface area contributed by atoms with Gasteiger partial charge in [0.15, 0.2) is 0 Å². The molecule has 39 heavy (non-hydrogen) atoms. The van der Waals surface area contributed by atoms with Crippen LogP contribution in [0.5, 0.6) is 0 Å². The predicted octanol–water partition coefficient (Wildman–Crippen LogP) is 5.52. The molecule has 1 N–H and O–H groups in total. The van der Waals surface area contributed by atoms with Gasteiger partial charge in [0.1, 0.15) is 18.2 Å². The number of hydrogen-bond donors (Lipinski definition) is 1. The van der Waals surface area contributed by atoms with Gasteiger partial charge in [-0.3, -0.25) is 4.79 Å². The first-order chi connectivity index (χ1) is 18.4. The number of rotatable bonds is 10. The van der Waals surface area contributed by atoms with Gasteiger partial charge in [-0.05, 0) is 54.6 Å². The summed E-state index contributed by atoms with van der Waals surface area (Å²) < 4.78 is 49.2. The standard InChI is InChI=1S/C26H29ClFN5O4SSi/c1-32-23-16-21(27)22(28)14-18(23)15-24(32)25(34)31-19-6-8-20(9-7-19)38(35,36)33(26-29-10-5-11-30-26)17-37-12-13-39(2,3)4/h5-11,14-16H,12-13,17H2,1-4H3,(H,31,34). The van der Waals surface area contributed by atoms with Crippen LogP contribution in [0.15, 0.2) is 65.8 Å². The number of benzene rings is 2. The molecule has 206 valence electrons. The lowest BCUT2D eigenvalue weighted by molar-refractivity contribution is 0.101. The van der Waals surface area contributed by atoms with Crippen LogP contribution in [0.4, 0.5) is 16.0 Å². The van der Waals surface area contributed by atoms with Crippen LogP contribution in [0.3, 0.4) is 0 Å². The molecule has 13 heteroatoms. The lowest BCUT2D eigenvalue weighted by Crippen LogP contribution is -2.35. The number of carbonyl (C=O) groups is 1. The number of anilines is 2. The normalized spacial score (nSPS) is 12.1. The summed E-state index contributed by atoms with van der Waals surface area (Å²) in [5.41, 5.74) is 1.26. The molecule has 0 unspecified atom stereocenters. The van der Waals surface area contributed by atoms with Crippen molar-refractivity contribution in [2.45, 2.75) is 30.6 Å². The fraction of sp³-hybridized carbons (Fsp3) is 0.269. The number of carbonyl (C=O) groups excluding carboxylic acids is 1. The molecule has 1 amide bonds.